The summed E-state index contributed by atoms with van der Waals surface area (Å²) in [6, 6.07) is 0. The Morgan fingerprint density at radius 3 is 2.62 bits per heavy atom. The first kappa shape index (κ1) is 12.1. The van der Waals surface area contributed by atoms with E-state index in [9.17, 15) is 4.79 Å². The monoisotopic (exact) mass is 185 g/mol. The van der Waals surface area contributed by atoms with Gasteiger partial charge in [0.1, 0.15) is 0 Å². The van der Waals surface area contributed by atoms with Crippen molar-refractivity contribution < 1.29 is 9.53 Å². The van der Waals surface area contributed by atoms with E-state index in [2.05, 4.69) is 11.7 Å². The van der Waals surface area contributed by atoms with Crippen LogP contribution in [0.3, 0.4) is 0 Å². The van der Waals surface area contributed by atoms with Gasteiger partial charge in [-0.15, -0.1) is 0 Å². The van der Waals surface area contributed by atoms with Crippen LogP contribution in [-0.2, 0) is 9.53 Å². The maximum atomic E-state index is 10.9. The molecular formula is C10H19NO2. The molecule has 0 saturated carbocycles. The number of ether oxygens (including phenoxy) is 1. The third-order valence-electron chi connectivity index (χ3n) is 1.75. The van der Waals surface area contributed by atoms with Crippen LogP contribution in [0.15, 0.2) is 4.99 Å². The van der Waals surface area contributed by atoms with E-state index < -0.39 is 0 Å². The zero-order chi connectivity index (χ0) is 9.94. The molecule has 0 bridgehead atoms. The average Bonchev–Trinajstić information content (AvgIpc) is 2.11. The summed E-state index contributed by atoms with van der Waals surface area (Å²) in [6.45, 7) is 6.55. The minimum absolute atomic E-state index is 0.0793. The summed E-state index contributed by atoms with van der Waals surface area (Å²) in [5.74, 6) is -0.0793. The summed E-state index contributed by atoms with van der Waals surface area (Å²) in [4.78, 5) is 14.6. The van der Waals surface area contributed by atoms with Crippen LogP contribution in [0.5, 0.6) is 0 Å². The van der Waals surface area contributed by atoms with Gasteiger partial charge in [-0.3, -0.25) is 4.79 Å². The highest BCUT2D eigenvalue weighted by atomic mass is 16.5. The summed E-state index contributed by atoms with van der Waals surface area (Å²) in [5, 5.41) is 0. The standard InChI is InChI=1S/C10H19NO2/c1-3-13-10(12)8-6-4-5-7-9-11-2/h2-9H2,1H3. The number of esters is 1. The van der Waals surface area contributed by atoms with Crippen molar-refractivity contribution in [1.82, 2.24) is 0 Å². The number of hydrogen-bond acceptors (Lipinski definition) is 3. The van der Waals surface area contributed by atoms with Crippen molar-refractivity contribution in [2.24, 2.45) is 4.99 Å². The normalized spacial score (nSPS) is 9.62. The minimum Gasteiger partial charge on any atom is -0.466 e. The molecule has 76 valence electrons. The van der Waals surface area contributed by atoms with Crippen molar-refractivity contribution in [3.63, 3.8) is 0 Å². The second-order valence-electron chi connectivity index (χ2n) is 2.92. The number of hydrogen-bond donors (Lipinski definition) is 0. The summed E-state index contributed by atoms with van der Waals surface area (Å²) >= 11 is 0. The van der Waals surface area contributed by atoms with Crippen molar-refractivity contribution >= 4 is 12.7 Å². The molecule has 0 atom stereocenters. The van der Waals surface area contributed by atoms with Crippen LogP contribution in [0.25, 0.3) is 0 Å². The topological polar surface area (TPSA) is 38.7 Å². The molecular weight excluding hydrogens is 166 g/mol. The van der Waals surface area contributed by atoms with E-state index in [1.165, 1.54) is 0 Å². The zero-order valence-corrected chi connectivity index (χ0v) is 8.42. The van der Waals surface area contributed by atoms with Crippen LogP contribution in [0, 0.1) is 0 Å². The fourth-order valence-electron chi connectivity index (χ4n) is 1.08. The maximum Gasteiger partial charge on any atom is 0.305 e. The molecule has 0 heterocycles. The first-order valence-electron chi connectivity index (χ1n) is 4.89. The molecule has 13 heavy (non-hydrogen) atoms. The smallest absolute Gasteiger partial charge is 0.305 e. The Morgan fingerprint density at radius 2 is 2.00 bits per heavy atom. The van der Waals surface area contributed by atoms with E-state index in [1.807, 2.05) is 6.92 Å². The third kappa shape index (κ3) is 9.05. The second kappa shape index (κ2) is 9.23. The Morgan fingerprint density at radius 1 is 1.31 bits per heavy atom. The molecule has 0 amide bonds. The summed E-state index contributed by atoms with van der Waals surface area (Å²) in [5.41, 5.74) is 0. The summed E-state index contributed by atoms with van der Waals surface area (Å²) < 4.78 is 4.80. The number of rotatable bonds is 8. The van der Waals surface area contributed by atoms with Gasteiger partial charge in [0, 0.05) is 13.0 Å². The van der Waals surface area contributed by atoms with Crippen molar-refractivity contribution in [3.05, 3.63) is 0 Å². The van der Waals surface area contributed by atoms with Gasteiger partial charge >= 0.3 is 5.97 Å². The van der Waals surface area contributed by atoms with E-state index in [1.54, 1.807) is 0 Å². The molecule has 3 heteroatoms. The molecule has 0 aliphatic carbocycles. The quantitative estimate of drug-likeness (QED) is 0.330. The van der Waals surface area contributed by atoms with E-state index in [0.717, 1.165) is 32.2 Å². The Hall–Kier alpha value is -0.860. The predicted molar refractivity (Wildman–Crippen MR) is 54.1 cm³/mol. The molecule has 0 aliphatic rings. The lowest BCUT2D eigenvalue weighted by Crippen LogP contribution is -2.03. The molecule has 0 fully saturated rings. The van der Waals surface area contributed by atoms with Gasteiger partial charge < -0.3 is 9.73 Å². The largest absolute Gasteiger partial charge is 0.466 e. The van der Waals surface area contributed by atoms with E-state index in [0.29, 0.717) is 13.0 Å². The van der Waals surface area contributed by atoms with Gasteiger partial charge in [-0.05, 0) is 26.5 Å². The van der Waals surface area contributed by atoms with Crippen molar-refractivity contribution in [2.75, 3.05) is 13.2 Å². The maximum absolute atomic E-state index is 10.9. The molecule has 0 aromatic carbocycles. The highest BCUT2D eigenvalue weighted by molar-refractivity contribution is 5.69. The van der Waals surface area contributed by atoms with E-state index in [-0.39, 0.29) is 5.97 Å². The van der Waals surface area contributed by atoms with Gasteiger partial charge in [-0.25, -0.2) is 0 Å². The lowest BCUT2D eigenvalue weighted by Gasteiger charge is -2.00. The predicted octanol–water partition coefficient (Wildman–Crippen LogP) is 2.20. The first-order chi connectivity index (χ1) is 6.31. The Kier molecular flexibility index (Phi) is 8.62. The van der Waals surface area contributed by atoms with Crippen LogP contribution in [0.4, 0.5) is 0 Å². The fourth-order valence-corrected chi connectivity index (χ4v) is 1.08. The van der Waals surface area contributed by atoms with Gasteiger partial charge in [0.15, 0.2) is 0 Å². The van der Waals surface area contributed by atoms with Crippen molar-refractivity contribution in [1.29, 1.82) is 0 Å². The van der Waals surface area contributed by atoms with Crippen LogP contribution in [0.1, 0.15) is 39.0 Å². The van der Waals surface area contributed by atoms with Gasteiger partial charge in [-0.2, -0.15) is 0 Å². The molecule has 0 rings (SSSR count). The molecule has 3 nitrogen and oxygen atoms in total. The fraction of sp³-hybridized carbons (Fsp3) is 0.800. The van der Waals surface area contributed by atoms with Crippen LogP contribution in [0.2, 0.25) is 0 Å². The zero-order valence-electron chi connectivity index (χ0n) is 8.42. The number of carbonyl (C=O) groups is 1. The van der Waals surface area contributed by atoms with Crippen molar-refractivity contribution in [3.8, 4) is 0 Å². The van der Waals surface area contributed by atoms with Gasteiger partial charge in [0.05, 0.1) is 6.61 Å². The van der Waals surface area contributed by atoms with Gasteiger partial charge in [0.25, 0.3) is 0 Å². The van der Waals surface area contributed by atoms with Crippen LogP contribution in [-0.4, -0.2) is 25.8 Å². The molecule has 0 N–H and O–H groups in total. The SMILES string of the molecule is C=NCCCCCCC(=O)OCC. The number of unbranched alkanes of at least 4 members (excludes halogenated alkanes) is 3. The second-order valence-corrected chi connectivity index (χ2v) is 2.92. The van der Waals surface area contributed by atoms with Crippen LogP contribution < -0.4 is 0 Å². The molecule has 0 aliphatic heterocycles. The van der Waals surface area contributed by atoms with E-state index >= 15 is 0 Å². The highest BCUT2D eigenvalue weighted by Gasteiger charge is 1.99. The summed E-state index contributed by atoms with van der Waals surface area (Å²) in [7, 11) is 0. The molecule has 0 aromatic rings. The Labute approximate surface area is 80.2 Å². The lowest BCUT2D eigenvalue weighted by atomic mass is 10.1. The molecule has 0 aromatic heterocycles. The average molecular weight is 185 g/mol. The number of carbonyl (C=O) groups excluding carboxylic acids is 1. The van der Waals surface area contributed by atoms with E-state index in [4.69, 9.17) is 4.74 Å². The first-order valence-corrected chi connectivity index (χ1v) is 4.89. The lowest BCUT2D eigenvalue weighted by molar-refractivity contribution is -0.143. The van der Waals surface area contributed by atoms with Gasteiger partial charge in [0.2, 0.25) is 0 Å². The Balaban J connectivity index is 3.06. The molecule has 0 radical (unpaired) electrons. The summed E-state index contributed by atoms with van der Waals surface area (Å²) in [6.07, 6.45) is 4.75. The van der Waals surface area contributed by atoms with Crippen molar-refractivity contribution in [2.45, 2.75) is 39.0 Å². The van der Waals surface area contributed by atoms with Crippen LogP contribution >= 0.6 is 0 Å². The third-order valence-corrected chi connectivity index (χ3v) is 1.75. The van der Waals surface area contributed by atoms with Gasteiger partial charge in [-0.1, -0.05) is 12.8 Å². The Bertz CT molecular complexity index is 146. The molecule has 0 unspecified atom stereocenters. The molecule has 0 saturated heterocycles. The molecule has 0 spiro atoms. The highest BCUT2D eigenvalue weighted by Crippen LogP contribution is 2.03. The minimum atomic E-state index is -0.0793. The number of nitrogens with zero attached hydrogens (tertiary/aromatic N) is 1. The number of aliphatic imine (C=N–C) groups is 1.